The molecule has 6 nitrogen and oxygen atoms in total. The number of nitrogens with one attached hydrogen (secondary N) is 2. The Balaban J connectivity index is 1.61. The van der Waals surface area contributed by atoms with Gasteiger partial charge in [-0.15, -0.1) is 0 Å². The van der Waals surface area contributed by atoms with E-state index in [1.807, 2.05) is 55.5 Å². The fourth-order valence-electron chi connectivity index (χ4n) is 4.06. The molecule has 31 heavy (non-hydrogen) atoms. The molecule has 0 saturated carbocycles. The molecule has 0 fully saturated rings. The summed E-state index contributed by atoms with van der Waals surface area (Å²) in [6.07, 6.45) is 0. The van der Waals surface area contributed by atoms with E-state index in [0.29, 0.717) is 28.1 Å². The SMILES string of the molecule is Cc1ccccc1[C@@H]1NC(=O)c2cc(CO)cc(NC(=O)c3nsc4ccccc34)c21. The standard InChI is InChI=1S/C24H19N3O3S/c1-13-6-2-3-7-15(13)21-20-17(23(29)26-21)10-14(12-28)11-18(20)25-24(30)22-16-8-4-5-9-19(16)31-27-22/h2-11,21,28H,12H2,1H3,(H,25,30)(H,26,29)/t21-/m0/s1. The average molecular weight is 430 g/mol. The second kappa shape index (κ2) is 7.61. The van der Waals surface area contributed by atoms with Crippen LogP contribution in [0.4, 0.5) is 5.69 Å². The Hall–Kier alpha value is -3.55. The first-order valence-electron chi connectivity index (χ1n) is 9.86. The van der Waals surface area contributed by atoms with E-state index in [2.05, 4.69) is 15.0 Å². The number of nitrogens with zero attached hydrogens (tertiary/aromatic N) is 1. The predicted octanol–water partition coefficient (Wildman–Crippen LogP) is 4.18. The van der Waals surface area contributed by atoms with Gasteiger partial charge in [0.1, 0.15) is 5.69 Å². The summed E-state index contributed by atoms with van der Waals surface area (Å²) in [7, 11) is 0. The quantitative estimate of drug-likeness (QED) is 0.454. The number of anilines is 1. The highest BCUT2D eigenvalue weighted by atomic mass is 32.1. The van der Waals surface area contributed by atoms with Crippen molar-refractivity contribution in [2.24, 2.45) is 0 Å². The van der Waals surface area contributed by atoms with Crippen LogP contribution in [-0.4, -0.2) is 21.3 Å². The van der Waals surface area contributed by atoms with Crippen LogP contribution < -0.4 is 10.6 Å². The maximum Gasteiger partial charge on any atom is 0.276 e. The molecule has 1 aliphatic rings. The van der Waals surface area contributed by atoms with Crippen LogP contribution in [0.1, 0.15) is 49.1 Å². The first-order valence-corrected chi connectivity index (χ1v) is 10.6. The normalized spacial score (nSPS) is 15.0. The van der Waals surface area contributed by atoms with Gasteiger partial charge in [-0.3, -0.25) is 9.59 Å². The van der Waals surface area contributed by atoms with Crippen LogP contribution in [0, 0.1) is 6.92 Å². The Morgan fingerprint density at radius 3 is 2.74 bits per heavy atom. The van der Waals surface area contributed by atoms with Crippen LogP contribution in [-0.2, 0) is 6.61 Å². The zero-order chi connectivity index (χ0) is 21.5. The van der Waals surface area contributed by atoms with Gasteiger partial charge in [0.2, 0.25) is 0 Å². The average Bonchev–Trinajstić information content (AvgIpc) is 3.35. The van der Waals surface area contributed by atoms with Crippen molar-refractivity contribution < 1.29 is 14.7 Å². The number of hydrogen-bond acceptors (Lipinski definition) is 5. The van der Waals surface area contributed by atoms with Crippen LogP contribution in [0.5, 0.6) is 0 Å². The number of aliphatic hydroxyl groups excluding tert-OH is 1. The number of amides is 2. The van der Waals surface area contributed by atoms with Gasteiger partial charge in [-0.25, -0.2) is 0 Å². The van der Waals surface area contributed by atoms with Crippen LogP contribution in [0.3, 0.4) is 0 Å². The maximum absolute atomic E-state index is 13.1. The number of aryl methyl sites for hydroxylation is 1. The third-order valence-electron chi connectivity index (χ3n) is 5.57. The number of aromatic nitrogens is 1. The lowest BCUT2D eigenvalue weighted by molar-refractivity contribution is 0.0959. The number of hydrogen-bond donors (Lipinski definition) is 3. The summed E-state index contributed by atoms with van der Waals surface area (Å²) in [6, 6.07) is 18.4. The van der Waals surface area contributed by atoms with Gasteiger partial charge in [-0.1, -0.05) is 42.5 Å². The molecule has 2 amide bonds. The predicted molar refractivity (Wildman–Crippen MR) is 120 cm³/mol. The summed E-state index contributed by atoms with van der Waals surface area (Å²) in [5, 5.41) is 16.5. The number of aliphatic hydroxyl groups is 1. The Morgan fingerprint density at radius 2 is 1.94 bits per heavy atom. The molecule has 3 N–H and O–H groups in total. The summed E-state index contributed by atoms with van der Waals surface area (Å²) >= 11 is 1.27. The fourth-order valence-corrected chi connectivity index (χ4v) is 4.84. The van der Waals surface area contributed by atoms with Gasteiger partial charge in [-0.05, 0) is 53.3 Å². The molecule has 1 aromatic heterocycles. The van der Waals surface area contributed by atoms with Gasteiger partial charge in [0.15, 0.2) is 0 Å². The Morgan fingerprint density at radius 1 is 1.16 bits per heavy atom. The molecule has 0 radical (unpaired) electrons. The highest BCUT2D eigenvalue weighted by Gasteiger charge is 2.34. The number of rotatable bonds is 4. The largest absolute Gasteiger partial charge is 0.392 e. The molecule has 5 rings (SSSR count). The molecule has 0 spiro atoms. The summed E-state index contributed by atoms with van der Waals surface area (Å²) < 4.78 is 5.26. The van der Waals surface area contributed by atoms with E-state index in [1.165, 1.54) is 11.5 Å². The number of benzene rings is 3. The minimum Gasteiger partial charge on any atom is -0.392 e. The molecule has 7 heteroatoms. The van der Waals surface area contributed by atoms with Gasteiger partial charge in [0, 0.05) is 22.2 Å². The molecule has 0 unspecified atom stereocenters. The van der Waals surface area contributed by atoms with Gasteiger partial charge in [-0.2, -0.15) is 4.37 Å². The van der Waals surface area contributed by atoms with Crippen molar-refractivity contribution in [3.63, 3.8) is 0 Å². The second-order valence-electron chi connectivity index (χ2n) is 7.51. The van der Waals surface area contributed by atoms with E-state index in [9.17, 15) is 14.7 Å². The van der Waals surface area contributed by atoms with Gasteiger partial charge in [0.05, 0.1) is 17.3 Å². The summed E-state index contributed by atoms with van der Waals surface area (Å²) in [6.45, 7) is 1.75. The van der Waals surface area contributed by atoms with Gasteiger partial charge < -0.3 is 15.7 Å². The van der Waals surface area contributed by atoms with Crippen molar-refractivity contribution in [1.82, 2.24) is 9.69 Å². The third-order valence-corrected chi connectivity index (χ3v) is 6.40. The summed E-state index contributed by atoms with van der Waals surface area (Å²) in [5.74, 6) is -0.578. The van der Waals surface area contributed by atoms with Crippen LogP contribution >= 0.6 is 11.5 Å². The summed E-state index contributed by atoms with van der Waals surface area (Å²) in [5.41, 5.74) is 4.54. The lowest BCUT2D eigenvalue weighted by Gasteiger charge is -2.19. The first kappa shape index (κ1) is 19.4. The zero-order valence-corrected chi connectivity index (χ0v) is 17.5. The fraction of sp³-hybridized carbons (Fsp3) is 0.125. The Labute approximate surface area is 182 Å². The summed E-state index contributed by atoms with van der Waals surface area (Å²) in [4.78, 5) is 25.9. The van der Waals surface area contributed by atoms with E-state index in [1.54, 1.807) is 12.1 Å². The molecule has 1 atom stereocenters. The van der Waals surface area contributed by atoms with Crippen molar-refractivity contribution >= 4 is 39.1 Å². The first-order chi connectivity index (χ1) is 15.1. The van der Waals surface area contributed by atoms with Gasteiger partial charge >= 0.3 is 0 Å². The molecule has 3 aromatic carbocycles. The topological polar surface area (TPSA) is 91.3 Å². The van der Waals surface area contributed by atoms with Crippen molar-refractivity contribution in [3.05, 3.63) is 94.2 Å². The smallest absolute Gasteiger partial charge is 0.276 e. The lowest BCUT2D eigenvalue weighted by atomic mass is 9.92. The molecular formula is C24H19N3O3S. The Bertz CT molecular complexity index is 1350. The monoisotopic (exact) mass is 429 g/mol. The highest BCUT2D eigenvalue weighted by Crippen LogP contribution is 2.39. The second-order valence-corrected chi connectivity index (χ2v) is 8.31. The van der Waals surface area contributed by atoms with E-state index in [4.69, 9.17) is 0 Å². The molecule has 154 valence electrons. The number of fused-ring (bicyclic) bond motifs is 2. The van der Waals surface area contributed by atoms with Crippen molar-refractivity contribution in [1.29, 1.82) is 0 Å². The van der Waals surface area contributed by atoms with Crippen molar-refractivity contribution in [2.45, 2.75) is 19.6 Å². The molecule has 1 aliphatic heterocycles. The van der Waals surface area contributed by atoms with E-state index in [-0.39, 0.29) is 24.5 Å². The number of carbonyl (C=O) groups is 2. The molecule has 4 aromatic rings. The van der Waals surface area contributed by atoms with Crippen LogP contribution in [0.15, 0.2) is 60.7 Å². The highest BCUT2D eigenvalue weighted by molar-refractivity contribution is 7.13. The molecule has 0 bridgehead atoms. The van der Waals surface area contributed by atoms with E-state index >= 15 is 0 Å². The van der Waals surface area contributed by atoms with Gasteiger partial charge in [0.25, 0.3) is 11.8 Å². The zero-order valence-electron chi connectivity index (χ0n) is 16.7. The van der Waals surface area contributed by atoms with Crippen molar-refractivity contribution in [3.8, 4) is 0 Å². The third kappa shape index (κ3) is 3.28. The van der Waals surface area contributed by atoms with E-state index < -0.39 is 0 Å². The van der Waals surface area contributed by atoms with Crippen LogP contribution in [0.25, 0.3) is 10.1 Å². The lowest BCUT2D eigenvalue weighted by Crippen LogP contribution is -2.21. The van der Waals surface area contributed by atoms with E-state index in [0.717, 1.165) is 21.2 Å². The van der Waals surface area contributed by atoms with Crippen molar-refractivity contribution in [2.75, 3.05) is 5.32 Å². The minimum absolute atomic E-state index is 0.229. The minimum atomic E-state index is -0.390. The molecule has 0 aliphatic carbocycles. The molecule has 0 saturated heterocycles. The Kier molecular flexibility index (Phi) is 4.77. The maximum atomic E-state index is 13.1. The van der Waals surface area contributed by atoms with Crippen LogP contribution in [0.2, 0.25) is 0 Å². The number of carbonyl (C=O) groups excluding carboxylic acids is 2. The molecular weight excluding hydrogens is 410 g/mol. The molecule has 2 heterocycles.